The highest BCUT2D eigenvalue weighted by Gasteiger charge is 2.04. The first-order chi connectivity index (χ1) is 9.81. The average molecular weight is 267 g/mol. The molecule has 0 fully saturated rings. The quantitative estimate of drug-likeness (QED) is 0.739. The molecule has 0 aliphatic heterocycles. The first-order valence-electron chi connectivity index (χ1n) is 5.94. The van der Waals surface area contributed by atoms with Gasteiger partial charge in [0.25, 0.3) is 0 Å². The van der Waals surface area contributed by atoms with E-state index in [0.717, 1.165) is 5.69 Å². The van der Waals surface area contributed by atoms with Crippen molar-refractivity contribution in [3.63, 3.8) is 0 Å². The maximum Gasteiger partial charge on any atom is 0.214 e. The first-order valence-corrected chi connectivity index (χ1v) is 5.94. The second kappa shape index (κ2) is 5.40. The monoisotopic (exact) mass is 267 g/mol. The molecule has 98 valence electrons. The summed E-state index contributed by atoms with van der Waals surface area (Å²) < 4.78 is 13.0. The minimum atomic E-state index is -0.552. The van der Waals surface area contributed by atoms with Gasteiger partial charge in [-0.15, -0.1) is 0 Å². The fourth-order valence-electron chi connectivity index (χ4n) is 1.67. The number of nitrogens with zero attached hydrogens (tertiary/aromatic N) is 4. The van der Waals surface area contributed by atoms with E-state index in [1.165, 1.54) is 6.07 Å². The predicted octanol–water partition coefficient (Wildman–Crippen LogP) is 2.82. The van der Waals surface area contributed by atoms with Crippen molar-refractivity contribution in [3.05, 3.63) is 60.9 Å². The van der Waals surface area contributed by atoms with Gasteiger partial charge in [-0.1, -0.05) is 12.1 Å². The molecule has 0 amide bonds. The van der Waals surface area contributed by atoms with Crippen molar-refractivity contribution in [1.82, 2.24) is 19.9 Å². The maximum absolute atomic E-state index is 13.0. The van der Waals surface area contributed by atoms with E-state index in [2.05, 4.69) is 25.3 Å². The van der Waals surface area contributed by atoms with Gasteiger partial charge >= 0.3 is 0 Å². The summed E-state index contributed by atoms with van der Waals surface area (Å²) in [4.78, 5) is 16.4. The van der Waals surface area contributed by atoms with E-state index in [4.69, 9.17) is 0 Å². The summed E-state index contributed by atoms with van der Waals surface area (Å²) in [7, 11) is 0. The zero-order valence-electron chi connectivity index (χ0n) is 10.4. The Morgan fingerprint density at radius 3 is 2.60 bits per heavy atom. The lowest BCUT2D eigenvalue weighted by Gasteiger charge is -2.05. The molecule has 3 heterocycles. The number of rotatable bonds is 3. The molecule has 0 saturated heterocycles. The Morgan fingerprint density at radius 2 is 1.80 bits per heavy atom. The highest BCUT2D eigenvalue weighted by Crippen LogP contribution is 2.16. The standard InChI is InChI=1S/C14H10FN5/c15-12-5-3-6-13(19-12)20-14-9-16-8-11(18-14)10-4-1-2-7-17-10/h1-9H,(H,18,19,20). The fourth-order valence-corrected chi connectivity index (χ4v) is 1.67. The molecule has 0 radical (unpaired) electrons. The van der Waals surface area contributed by atoms with E-state index in [1.54, 1.807) is 30.7 Å². The minimum Gasteiger partial charge on any atom is -0.324 e. The lowest BCUT2D eigenvalue weighted by atomic mass is 10.3. The second-order valence-electron chi connectivity index (χ2n) is 3.98. The number of hydrogen-bond donors (Lipinski definition) is 1. The van der Waals surface area contributed by atoms with Crippen LogP contribution in [0.1, 0.15) is 0 Å². The zero-order valence-corrected chi connectivity index (χ0v) is 10.4. The van der Waals surface area contributed by atoms with Gasteiger partial charge in [0.05, 0.1) is 18.1 Å². The van der Waals surface area contributed by atoms with Crippen LogP contribution in [0.2, 0.25) is 0 Å². The molecule has 0 aliphatic carbocycles. The average Bonchev–Trinajstić information content (AvgIpc) is 2.48. The van der Waals surface area contributed by atoms with Crippen LogP contribution in [0.5, 0.6) is 0 Å². The lowest BCUT2D eigenvalue weighted by Crippen LogP contribution is -1.99. The molecular formula is C14H10FN5. The van der Waals surface area contributed by atoms with Gasteiger partial charge in [0.1, 0.15) is 11.5 Å². The molecule has 6 heteroatoms. The highest BCUT2D eigenvalue weighted by atomic mass is 19.1. The largest absolute Gasteiger partial charge is 0.324 e. The molecule has 3 rings (SSSR count). The van der Waals surface area contributed by atoms with Gasteiger partial charge in [-0.2, -0.15) is 4.39 Å². The number of pyridine rings is 2. The number of nitrogens with one attached hydrogen (secondary N) is 1. The fraction of sp³-hybridized carbons (Fsp3) is 0. The molecule has 0 spiro atoms. The van der Waals surface area contributed by atoms with Gasteiger partial charge in [-0.3, -0.25) is 9.97 Å². The van der Waals surface area contributed by atoms with Crippen LogP contribution in [0, 0.1) is 5.95 Å². The van der Waals surface area contributed by atoms with E-state index in [-0.39, 0.29) is 0 Å². The van der Waals surface area contributed by atoms with Gasteiger partial charge in [0.15, 0.2) is 5.82 Å². The normalized spacial score (nSPS) is 10.2. The molecule has 5 nitrogen and oxygen atoms in total. The van der Waals surface area contributed by atoms with E-state index >= 15 is 0 Å². The van der Waals surface area contributed by atoms with E-state index in [9.17, 15) is 4.39 Å². The van der Waals surface area contributed by atoms with E-state index in [1.807, 2.05) is 18.2 Å². The molecule has 1 N–H and O–H groups in total. The van der Waals surface area contributed by atoms with E-state index < -0.39 is 5.95 Å². The Bertz CT molecular complexity index is 718. The van der Waals surface area contributed by atoms with E-state index in [0.29, 0.717) is 17.3 Å². The molecule has 0 aromatic carbocycles. The van der Waals surface area contributed by atoms with Crippen LogP contribution in [0.3, 0.4) is 0 Å². The van der Waals surface area contributed by atoms with Crippen LogP contribution in [-0.4, -0.2) is 19.9 Å². The van der Waals surface area contributed by atoms with Crippen molar-refractivity contribution in [2.45, 2.75) is 0 Å². The predicted molar refractivity (Wildman–Crippen MR) is 72.7 cm³/mol. The van der Waals surface area contributed by atoms with Gasteiger partial charge in [0, 0.05) is 6.20 Å². The van der Waals surface area contributed by atoms with Crippen molar-refractivity contribution in [2.24, 2.45) is 0 Å². The van der Waals surface area contributed by atoms with Gasteiger partial charge in [-0.05, 0) is 24.3 Å². The minimum absolute atomic E-state index is 0.373. The van der Waals surface area contributed by atoms with Gasteiger partial charge in [0.2, 0.25) is 5.95 Å². The summed E-state index contributed by atoms with van der Waals surface area (Å²) in [5.74, 6) is 0.299. The molecule has 0 aliphatic rings. The van der Waals surface area contributed by atoms with Crippen LogP contribution >= 0.6 is 0 Å². The SMILES string of the molecule is Fc1cccc(Nc2cncc(-c3ccccn3)n2)n1. The topological polar surface area (TPSA) is 63.6 Å². The Hall–Kier alpha value is -2.89. The maximum atomic E-state index is 13.0. The summed E-state index contributed by atoms with van der Waals surface area (Å²) in [5, 5.41) is 2.90. The second-order valence-corrected chi connectivity index (χ2v) is 3.98. The molecule has 3 aromatic heterocycles. The number of halogens is 1. The van der Waals surface area contributed by atoms with Crippen molar-refractivity contribution >= 4 is 11.6 Å². The third-order valence-electron chi connectivity index (χ3n) is 2.53. The molecule has 0 unspecified atom stereocenters. The van der Waals surface area contributed by atoms with Crippen molar-refractivity contribution < 1.29 is 4.39 Å². The number of hydrogen-bond acceptors (Lipinski definition) is 5. The molecule has 3 aromatic rings. The van der Waals surface area contributed by atoms with Crippen molar-refractivity contribution in [2.75, 3.05) is 5.32 Å². The van der Waals surface area contributed by atoms with Crippen LogP contribution < -0.4 is 5.32 Å². The van der Waals surface area contributed by atoms with Crippen LogP contribution in [0.4, 0.5) is 16.0 Å². The summed E-state index contributed by atoms with van der Waals surface area (Å²) in [6, 6.07) is 10.0. The molecule has 0 atom stereocenters. The van der Waals surface area contributed by atoms with Crippen molar-refractivity contribution in [3.8, 4) is 11.4 Å². The molecule has 20 heavy (non-hydrogen) atoms. The Labute approximate surface area is 114 Å². The first kappa shape index (κ1) is 12.2. The van der Waals surface area contributed by atoms with Crippen LogP contribution in [0.15, 0.2) is 55.0 Å². The highest BCUT2D eigenvalue weighted by molar-refractivity contribution is 5.57. The summed E-state index contributed by atoms with van der Waals surface area (Å²) in [6.07, 6.45) is 4.84. The smallest absolute Gasteiger partial charge is 0.214 e. The number of anilines is 2. The third-order valence-corrected chi connectivity index (χ3v) is 2.53. The number of aromatic nitrogens is 4. The summed E-state index contributed by atoms with van der Waals surface area (Å²) >= 11 is 0. The van der Waals surface area contributed by atoms with Crippen LogP contribution in [0.25, 0.3) is 11.4 Å². The molecular weight excluding hydrogens is 257 g/mol. The Morgan fingerprint density at radius 1 is 0.850 bits per heavy atom. The van der Waals surface area contributed by atoms with Crippen molar-refractivity contribution in [1.29, 1.82) is 0 Å². The summed E-state index contributed by atoms with van der Waals surface area (Å²) in [6.45, 7) is 0. The Balaban J connectivity index is 1.88. The third kappa shape index (κ3) is 2.74. The Kier molecular flexibility index (Phi) is 3.28. The van der Waals surface area contributed by atoms with Gasteiger partial charge < -0.3 is 5.32 Å². The summed E-state index contributed by atoms with van der Waals surface area (Å²) in [5.41, 5.74) is 1.35. The molecule has 0 saturated carbocycles. The zero-order chi connectivity index (χ0) is 13.8. The molecule has 0 bridgehead atoms. The lowest BCUT2D eigenvalue weighted by molar-refractivity contribution is 0.585. The van der Waals surface area contributed by atoms with Crippen LogP contribution in [-0.2, 0) is 0 Å². The van der Waals surface area contributed by atoms with Gasteiger partial charge in [-0.25, -0.2) is 9.97 Å².